The average molecular weight is 343 g/mol. The number of hydrogen-bond acceptors (Lipinski definition) is 2. The summed E-state index contributed by atoms with van der Waals surface area (Å²) in [4.78, 5) is 0.486. The second-order valence-corrected chi connectivity index (χ2v) is 8.56. The molecule has 0 unspecified atom stereocenters. The van der Waals surface area contributed by atoms with Gasteiger partial charge in [-0.3, -0.25) is 4.31 Å². The first-order valence-corrected chi connectivity index (χ1v) is 9.88. The van der Waals surface area contributed by atoms with Gasteiger partial charge in [0.1, 0.15) is 0 Å². The summed E-state index contributed by atoms with van der Waals surface area (Å²) < 4.78 is 28.7. The minimum atomic E-state index is -3.57. The second kappa shape index (κ2) is 5.92. The van der Waals surface area contributed by atoms with Crippen LogP contribution in [0.5, 0.6) is 0 Å². The molecule has 0 fully saturated rings. The van der Waals surface area contributed by atoms with Gasteiger partial charge in [-0.2, -0.15) is 0 Å². The predicted octanol–water partition coefficient (Wildman–Crippen LogP) is 4.37. The third-order valence-electron chi connectivity index (χ3n) is 5.55. The van der Waals surface area contributed by atoms with Gasteiger partial charge in [-0.05, 0) is 86.9 Å². The van der Waals surface area contributed by atoms with Gasteiger partial charge in [-0.1, -0.05) is 18.2 Å². The topological polar surface area (TPSA) is 37.4 Å². The molecule has 2 aromatic rings. The molecule has 1 aliphatic heterocycles. The molecule has 0 radical (unpaired) electrons. The van der Waals surface area contributed by atoms with E-state index in [0.29, 0.717) is 11.4 Å². The number of aryl methyl sites for hydroxylation is 1. The minimum Gasteiger partial charge on any atom is -0.266 e. The van der Waals surface area contributed by atoms with Crippen LogP contribution in [0, 0.1) is 34.6 Å². The molecule has 2 aromatic carbocycles. The summed E-state index contributed by atoms with van der Waals surface area (Å²) in [6.45, 7) is 10.5. The van der Waals surface area contributed by atoms with Crippen molar-refractivity contribution in [2.45, 2.75) is 52.4 Å². The number of benzene rings is 2. The first kappa shape index (κ1) is 17.0. The summed E-state index contributed by atoms with van der Waals surface area (Å²) in [7, 11) is -3.57. The lowest BCUT2D eigenvalue weighted by Crippen LogP contribution is -2.36. The molecule has 3 nitrogen and oxygen atoms in total. The second-order valence-electron chi connectivity index (χ2n) is 6.76. The van der Waals surface area contributed by atoms with Gasteiger partial charge in [0, 0.05) is 6.54 Å². The fourth-order valence-corrected chi connectivity index (χ4v) is 5.82. The summed E-state index contributed by atoms with van der Waals surface area (Å²) in [5.74, 6) is 0. The highest BCUT2D eigenvalue weighted by Crippen LogP contribution is 2.36. The molecule has 0 saturated carbocycles. The van der Waals surface area contributed by atoms with Crippen molar-refractivity contribution in [1.29, 1.82) is 0 Å². The Morgan fingerprint density at radius 1 is 0.833 bits per heavy atom. The third-order valence-corrected chi connectivity index (χ3v) is 7.63. The number of rotatable bonds is 2. The monoisotopic (exact) mass is 343 g/mol. The van der Waals surface area contributed by atoms with Crippen LogP contribution in [0.2, 0.25) is 0 Å². The molecule has 0 amide bonds. The van der Waals surface area contributed by atoms with Crippen molar-refractivity contribution in [3.63, 3.8) is 0 Å². The molecule has 0 aliphatic carbocycles. The van der Waals surface area contributed by atoms with Crippen LogP contribution < -0.4 is 4.31 Å². The Bertz CT molecular complexity index is 884. The molecule has 0 spiro atoms. The Labute approximate surface area is 145 Å². The maximum absolute atomic E-state index is 13.5. The van der Waals surface area contributed by atoms with Gasteiger partial charge in [-0.15, -0.1) is 0 Å². The van der Waals surface area contributed by atoms with Crippen LogP contribution in [-0.2, 0) is 16.4 Å². The highest BCUT2D eigenvalue weighted by atomic mass is 32.2. The molecule has 0 atom stereocenters. The highest BCUT2D eigenvalue weighted by molar-refractivity contribution is 7.93. The fraction of sp³-hybridized carbons (Fsp3) is 0.400. The molecule has 24 heavy (non-hydrogen) atoms. The number of fused-ring (bicyclic) bond motifs is 1. The number of para-hydroxylation sites is 1. The van der Waals surface area contributed by atoms with Gasteiger partial charge >= 0.3 is 0 Å². The quantitative estimate of drug-likeness (QED) is 0.812. The molecule has 0 saturated heterocycles. The Hall–Kier alpha value is -1.81. The zero-order valence-corrected chi connectivity index (χ0v) is 15.9. The molecule has 128 valence electrons. The van der Waals surface area contributed by atoms with Gasteiger partial charge in [0.25, 0.3) is 10.0 Å². The predicted molar refractivity (Wildman–Crippen MR) is 99.4 cm³/mol. The number of sulfonamides is 1. The van der Waals surface area contributed by atoms with Crippen molar-refractivity contribution < 1.29 is 8.42 Å². The standard InChI is InChI=1S/C20H25NO2S/c1-13-14(2)16(4)20(17(5)15(13)3)24(22,23)21-12-8-10-18-9-6-7-11-19(18)21/h6-7,9,11H,8,10,12H2,1-5H3. The van der Waals surface area contributed by atoms with Crippen LogP contribution in [0.15, 0.2) is 29.2 Å². The lowest BCUT2D eigenvalue weighted by molar-refractivity contribution is 0.585. The van der Waals surface area contributed by atoms with E-state index in [0.717, 1.165) is 46.3 Å². The zero-order valence-electron chi connectivity index (χ0n) is 15.1. The Balaban J connectivity index is 2.25. The number of anilines is 1. The molecule has 4 heteroatoms. The van der Waals surface area contributed by atoms with Crippen molar-refractivity contribution in [3.8, 4) is 0 Å². The largest absolute Gasteiger partial charge is 0.266 e. The summed E-state index contributed by atoms with van der Waals surface area (Å²) in [5, 5.41) is 0. The van der Waals surface area contributed by atoms with E-state index in [2.05, 4.69) is 6.92 Å². The van der Waals surface area contributed by atoms with Crippen LogP contribution in [0.1, 0.15) is 39.8 Å². The van der Waals surface area contributed by atoms with Gasteiger partial charge in [-0.25, -0.2) is 8.42 Å². The SMILES string of the molecule is Cc1c(C)c(C)c(S(=O)(=O)N2CCCc3ccccc32)c(C)c1C. The highest BCUT2D eigenvalue weighted by Gasteiger charge is 2.32. The first-order chi connectivity index (χ1) is 11.3. The van der Waals surface area contributed by atoms with Crippen LogP contribution in [0.25, 0.3) is 0 Å². The van der Waals surface area contributed by atoms with Gasteiger partial charge in [0.15, 0.2) is 0 Å². The molecule has 3 rings (SSSR count). The normalized spacial score (nSPS) is 14.6. The summed E-state index contributed by atoms with van der Waals surface area (Å²) >= 11 is 0. The fourth-order valence-electron chi connectivity index (χ4n) is 3.71. The summed E-state index contributed by atoms with van der Waals surface area (Å²) in [6.07, 6.45) is 1.80. The maximum atomic E-state index is 13.5. The maximum Gasteiger partial charge on any atom is 0.264 e. The molecular weight excluding hydrogens is 318 g/mol. The third kappa shape index (κ3) is 2.44. The van der Waals surface area contributed by atoms with Gasteiger partial charge in [0.2, 0.25) is 0 Å². The molecule has 0 aromatic heterocycles. The minimum absolute atomic E-state index is 0.486. The first-order valence-electron chi connectivity index (χ1n) is 8.44. The molecule has 1 heterocycles. The van der Waals surface area contributed by atoms with Crippen LogP contribution in [-0.4, -0.2) is 15.0 Å². The zero-order chi connectivity index (χ0) is 17.6. The number of nitrogens with zero attached hydrogens (tertiary/aromatic N) is 1. The number of hydrogen-bond donors (Lipinski definition) is 0. The molecular formula is C20H25NO2S. The Morgan fingerprint density at radius 2 is 1.38 bits per heavy atom. The average Bonchev–Trinajstić information content (AvgIpc) is 2.57. The van der Waals surface area contributed by atoms with Gasteiger partial charge < -0.3 is 0 Å². The van der Waals surface area contributed by atoms with E-state index in [1.165, 1.54) is 5.56 Å². The van der Waals surface area contributed by atoms with Crippen molar-refractivity contribution in [2.24, 2.45) is 0 Å². The van der Waals surface area contributed by atoms with Crippen molar-refractivity contribution >= 4 is 15.7 Å². The van der Waals surface area contributed by atoms with E-state index < -0.39 is 10.0 Å². The smallest absolute Gasteiger partial charge is 0.264 e. The summed E-state index contributed by atoms with van der Waals surface area (Å²) in [6, 6.07) is 7.84. The van der Waals surface area contributed by atoms with E-state index in [4.69, 9.17) is 0 Å². The van der Waals surface area contributed by atoms with E-state index in [9.17, 15) is 8.42 Å². The van der Waals surface area contributed by atoms with E-state index in [1.54, 1.807) is 4.31 Å². The van der Waals surface area contributed by atoms with Crippen molar-refractivity contribution in [2.75, 3.05) is 10.8 Å². The van der Waals surface area contributed by atoms with E-state index >= 15 is 0 Å². The Morgan fingerprint density at radius 3 is 2.00 bits per heavy atom. The van der Waals surface area contributed by atoms with E-state index in [-0.39, 0.29) is 0 Å². The summed E-state index contributed by atoms with van der Waals surface area (Å²) in [5.41, 5.74) is 7.02. The van der Waals surface area contributed by atoms with Crippen molar-refractivity contribution in [3.05, 3.63) is 57.6 Å². The lowest BCUT2D eigenvalue weighted by Gasteiger charge is -2.32. The van der Waals surface area contributed by atoms with Crippen LogP contribution >= 0.6 is 0 Å². The van der Waals surface area contributed by atoms with Gasteiger partial charge in [0.05, 0.1) is 10.6 Å². The van der Waals surface area contributed by atoms with Crippen LogP contribution in [0.3, 0.4) is 0 Å². The van der Waals surface area contributed by atoms with Crippen LogP contribution in [0.4, 0.5) is 5.69 Å². The van der Waals surface area contributed by atoms with Crippen molar-refractivity contribution in [1.82, 2.24) is 0 Å². The molecule has 0 N–H and O–H groups in total. The molecule has 1 aliphatic rings. The van der Waals surface area contributed by atoms with E-state index in [1.807, 2.05) is 52.0 Å². The Kier molecular flexibility index (Phi) is 4.20. The lowest BCUT2D eigenvalue weighted by atomic mass is 9.95. The molecule has 0 bridgehead atoms.